The third-order valence-corrected chi connectivity index (χ3v) is 5.81. The zero-order valence-corrected chi connectivity index (χ0v) is 18.5. The van der Waals surface area contributed by atoms with E-state index in [9.17, 15) is 21.4 Å². The Bertz CT molecular complexity index is 1310. The smallest absolute Gasteiger partial charge is 0.296 e. The standard InChI is InChI=1S/C13H16N4O3S.C6H7NO3S/c1-8-6-9(14)2-4-11(8)16-17-12-5-3-10(15)7-13(12)21(18,19)20;7-5-1-3-6(4-2-5)11(8,9)10/h2-7,16-17H,14-15H2,1H3,(H,18,19,20);1-4H,7H2,(H,8,9,10). The molecule has 0 aliphatic carbocycles. The van der Waals surface area contributed by atoms with Gasteiger partial charge in [0.1, 0.15) is 4.90 Å². The van der Waals surface area contributed by atoms with Gasteiger partial charge in [-0.3, -0.25) is 14.5 Å². The number of benzene rings is 3. The molecule has 0 aliphatic rings. The summed E-state index contributed by atoms with van der Waals surface area (Å²) in [7, 11) is -8.45. The zero-order valence-electron chi connectivity index (χ0n) is 16.8. The van der Waals surface area contributed by atoms with Crippen LogP contribution >= 0.6 is 0 Å². The molecule has 0 bridgehead atoms. The molecule has 0 saturated carbocycles. The SMILES string of the molecule is Cc1cc(N)ccc1NNc1ccc(N)cc1S(=O)(=O)O.Nc1ccc(S(=O)(=O)O)cc1. The maximum Gasteiger partial charge on any atom is 0.296 e. The number of hydrazine groups is 1. The van der Waals surface area contributed by atoms with Crippen molar-refractivity contribution in [2.75, 3.05) is 28.1 Å². The lowest BCUT2D eigenvalue weighted by atomic mass is 10.2. The third kappa shape index (κ3) is 7.02. The van der Waals surface area contributed by atoms with Crippen LogP contribution in [0.2, 0.25) is 0 Å². The van der Waals surface area contributed by atoms with Crippen molar-refractivity contribution < 1.29 is 25.9 Å². The minimum absolute atomic E-state index is 0.147. The Morgan fingerprint density at radius 1 is 0.656 bits per heavy atom. The van der Waals surface area contributed by atoms with E-state index in [0.29, 0.717) is 11.4 Å². The van der Waals surface area contributed by atoms with Crippen molar-refractivity contribution in [3.63, 3.8) is 0 Å². The number of nitrogens with two attached hydrogens (primary N) is 3. The van der Waals surface area contributed by atoms with Crippen LogP contribution in [-0.2, 0) is 20.2 Å². The van der Waals surface area contributed by atoms with Crippen LogP contribution in [-0.4, -0.2) is 25.9 Å². The molecular weight excluding hydrogens is 458 g/mol. The van der Waals surface area contributed by atoms with E-state index in [0.717, 1.165) is 11.3 Å². The van der Waals surface area contributed by atoms with Crippen LogP contribution in [0.1, 0.15) is 5.56 Å². The predicted octanol–water partition coefficient (Wildman–Crippen LogP) is 2.36. The quantitative estimate of drug-likeness (QED) is 0.160. The second kappa shape index (κ2) is 9.74. The fourth-order valence-corrected chi connectivity index (χ4v) is 3.62. The van der Waals surface area contributed by atoms with Crippen LogP contribution in [0.3, 0.4) is 0 Å². The average molecular weight is 482 g/mol. The van der Waals surface area contributed by atoms with Crippen molar-refractivity contribution >= 4 is 48.7 Å². The molecule has 0 fully saturated rings. The first-order chi connectivity index (χ1) is 14.8. The van der Waals surface area contributed by atoms with E-state index in [4.69, 9.17) is 21.8 Å². The van der Waals surface area contributed by atoms with E-state index in [1.54, 1.807) is 18.2 Å². The van der Waals surface area contributed by atoms with Gasteiger partial charge in [0, 0.05) is 17.1 Å². The first-order valence-corrected chi connectivity index (χ1v) is 11.7. The highest BCUT2D eigenvalue weighted by molar-refractivity contribution is 7.86. The van der Waals surface area contributed by atoms with Crippen molar-refractivity contribution in [2.45, 2.75) is 16.7 Å². The number of nitrogens with one attached hydrogen (secondary N) is 2. The number of rotatable bonds is 5. The van der Waals surface area contributed by atoms with E-state index in [1.807, 2.05) is 6.92 Å². The van der Waals surface area contributed by atoms with Crippen LogP contribution in [0.4, 0.5) is 28.4 Å². The van der Waals surface area contributed by atoms with Gasteiger partial charge in [0.05, 0.1) is 16.3 Å². The number of anilines is 5. The summed E-state index contributed by atoms with van der Waals surface area (Å²) in [5.74, 6) is 0. The molecule has 0 aliphatic heterocycles. The molecule has 0 amide bonds. The van der Waals surface area contributed by atoms with Gasteiger partial charge in [-0.2, -0.15) is 16.8 Å². The van der Waals surface area contributed by atoms with Gasteiger partial charge in [0.15, 0.2) is 0 Å². The van der Waals surface area contributed by atoms with E-state index < -0.39 is 20.2 Å². The molecule has 0 spiro atoms. The number of aryl methyl sites for hydroxylation is 1. The first kappa shape index (κ1) is 24.7. The van der Waals surface area contributed by atoms with Crippen molar-refractivity contribution in [2.24, 2.45) is 0 Å². The molecule has 0 saturated heterocycles. The summed E-state index contributed by atoms with van der Waals surface area (Å²) < 4.78 is 61.3. The second-order valence-corrected chi connectivity index (χ2v) is 9.41. The van der Waals surface area contributed by atoms with Crippen molar-refractivity contribution in [1.29, 1.82) is 0 Å². The Morgan fingerprint density at radius 3 is 1.62 bits per heavy atom. The largest absolute Gasteiger partial charge is 0.399 e. The molecule has 3 aromatic rings. The lowest BCUT2D eigenvalue weighted by Crippen LogP contribution is -2.13. The molecule has 3 rings (SSSR count). The molecule has 172 valence electrons. The lowest BCUT2D eigenvalue weighted by Gasteiger charge is -2.15. The Labute approximate surface area is 185 Å². The van der Waals surface area contributed by atoms with Gasteiger partial charge >= 0.3 is 0 Å². The normalized spacial score (nSPS) is 11.2. The van der Waals surface area contributed by atoms with E-state index >= 15 is 0 Å². The van der Waals surface area contributed by atoms with Gasteiger partial charge in [-0.05, 0) is 73.2 Å². The maximum absolute atomic E-state index is 11.3. The Balaban J connectivity index is 0.000000278. The second-order valence-electron chi connectivity index (χ2n) is 6.60. The van der Waals surface area contributed by atoms with Gasteiger partial charge in [-0.1, -0.05) is 0 Å². The molecule has 10 N–H and O–H groups in total. The Kier molecular flexibility index (Phi) is 7.53. The summed E-state index contributed by atoms with van der Waals surface area (Å²) in [4.78, 5) is -0.449. The van der Waals surface area contributed by atoms with Crippen LogP contribution in [0.5, 0.6) is 0 Å². The number of hydrogen-bond acceptors (Lipinski definition) is 9. The predicted molar refractivity (Wildman–Crippen MR) is 124 cm³/mol. The summed E-state index contributed by atoms with van der Waals surface area (Å²) in [6, 6.07) is 14.7. The molecular formula is C19H23N5O6S2. The molecule has 0 unspecified atom stereocenters. The Hall–Kier alpha value is -3.52. The Morgan fingerprint density at radius 2 is 1.12 bits per heavy atom. The van der Waals surface area contributed by atoms with Crippen molar-refractivity contribution in [1.82, 2.24) is 0 Å². The molecule has 11 nitrogen and oxygen atoms in total. The summed E-state index contributed by atoms with van der Waals surface area (Å²) in [5.41, 5.74) is 25.2. The number of nitrogen functional groups attached to an aromatic ring is 3. The van der Waals surface area contributed by atoms with Crippen molar-refractivity contribution in [3.05, 3.63) is 66.2 Å². The molecule has 13 heteroatoms. The average Bonchev–Trinajstić information content (AvgIpc) is 2.67. The summed E-state index contributed by atoms with van der Waals surface area (Å²) in [5, 5.41) is 0. The maximum atomic E-state index is 11.3. The van der Waals surface area contributed by atoms with E-state index in [1.165, 1.54) is 42.5 Å². The molecule has 0 radical (unpaired) electrons. The summed E-state index contributed by atoms with van der Waals surface area (Å²) in [6.07, 6.45) is 0. The van der Waals surface area contributed by atoms with Crippen LogP contribution in [0.15, 0.2) is 70.5 Å². The van der Waals surface area contributed by atoms with Crippen LogP contribution < -0.4 is 28.1 Å². The minimum Gasteiger partial charge on any atom is -0.399 e. The highest BCUT2D eigenvalue weighted by Gasteiger charge is 2.16. The van der Waals surface area contributed by atoms with Gasteiger partial charge in [0.2, 0.25) is 0 Å². The summed E-state index contributed by atoms with van der Waals surface area (Å²) >= 11 is 0. The van der Waals surface area contributed by atoms with Gasteiger partial charge < -0.3 is 22.6 Å². The molecule has 0 atom stereocenters. The van der Waals surface area contributed by atoms with Gasteiger partial charge in [-0.25, -0.2) is 0 Å². The molecule has 0 heterocycles. The first-order valence-electron chi connectivity index (χ1n) is 8.85. The molecule has 0 aromatic heterocycles. The summed E-state index contributed by atoms with van der Waals surface area (Å²) in [6.45, 7) is 1.85. The highest BCUT2D eigenvalue weighted by atomic mass is 32.2. The third-order valence-electron chi connectivity index (χ3n) is 4.04. The van der Waals surface area contributed by atoms with Crippen molar-refractivity contribution in [3.8, 4) is 0 Å². The monoisotopic (exact) mass is 481 g/mol. The topological polar surface area (TPSA) is 211 Å². The van der Waals surface area contributed by atoms with Gasteiger partial charge in [0.25, 0.3) is 20.2 Å². The molecule has 3 aromatic carbocycles. The minimum atomic E-state index is -4.38. The lowest BCUT2D eigenvalue weighted by molar-refractivity contribution is 0.481. The number of hydrogen-bond donors (Lipinski definition) is 7. The molecule has 32 heavy (non-hydrogen) atoms. The fraction of sp³-hybridized carbons (Fsp3) is 0.0526. The fourth-order valence-electron chi connectivity index (χ4n) is 2.46. The van der Waals surface area contributed by atoms with E-state index in [-0.39, 0.29) is 21.2 Å². The van der Waals surface area contributed by atoms with E-state index in [2.05, 4.69) is 10.9 Å². The van der Waals surface area contributed by atoms with Crippen LogP contribution in [0, 0.1) is 6.92 Å². The van der Waals surface area contributed by atoms with Gasteiger partial charge in [-0.15, -0.1) is 0 Å². The highest BCUT2D eigenvalue weighted by Crippen LogP contribution is 2.25. The van der Waals surface area contributed by atoms with Crippen LogP contribution in [0.25, 0.3) is 0 Å². The zero-order chi connectivity index (χ0) is 24.1.